The Kier molecular flexibility index (Phi) is 6.92. The molecular formula is C19H19BrN4O2S. The molecule has 1 aromatic carbocycles. The number of nitrogen functional groups attached to an aromatic ring is 1. The van der Waals surface area contributed by atoms with Gasteiger partial charge in [-0.3, -0.25) is 14.7 Å². The molecule has 0 aliphatic carbocycles. The minimum absolute atomic E-state index is 0.118. The van der Waals surface area contributed by atoms with Crippen LogP contribution in [0.15, 0.2) is 71.0 Å². The number of nitrogens with one attached hydrogen (secondary N) is 1. The highest BCUT2D eigenvalue weighted by Gasteiger charge is 2.27. The van der Waals surface area contributed by atoms with Crippen LogP contribution in [0, 0.1) is 0 Å². The molecule has 27 heavy (non-hydrogen) atoms. The SMILES string of the molecule is Nc1cc(Br)ccc1CC=CCONC(=O)N1C=CSC1c1ccncc1. The molecule has 0 saturated heterocycles. The molecule has 0 spiro atoms. The Morgan fingerprint density at radius 1 is 1.33 bits per heavy atom. The van der Waals surface area contributed by atoms with Crippen LogP contribution in [-0.2, 0) is 11.3 Å². The summed E-state index contributed by atoms with van der Waals surface area (Å²) in [6.45, 7) is 0.271. The van der Waals surface area contributed by atoms with E-state index in [-0.39, 0.29) is 18.0 Å². The van der Waals surface area contributed by atoms with Crippen LogP contribution in [0.25, 0.3) is 0 Å². The highest BCUT2D eigenvalue weighted by molar-refractivity contribution is 9.10. The van der Waals surface area contributed by atoms with Crippen LogP contribution in [0.5, 0.6) is 0 Å². The monoisotopic (exact) mass is 446 g/mol. The number of hydroxylamine groups is 1. The molecule has 2 aromatic rings. The van der Waals surface area contributed by atoms with Crippen LogP contribution >= 0.6 is 27.7 Å². The first-order chi connectivity index (χ1) is 13.1. The van der Waals surface area contributed by atoms with Crippen LogP contribution in [0.1, 0.15) is 16.5 Å². The second-order valence-corrected chi connectivity index (χ2v) is 7.60. The Morgan fingerprint density at radius 3 is 2.93 bits per heavy atom. The average molecular weight is 447 g/mol. The van der Waals surface area contributed by atoms with Crippen molar-refractivity contribution in [2.75, 3.05) is 12.3 Å². The fourth-order valence-corrected chi connectivity index (χ4v) is 3.83. The summed E-state index contributed by atoms with van der Waals surface area (Å²) >= 11 is 4.94. The topological polar surface area (TPSA) is 80.5 Å². The fourth-order valence-electron chi connectivity index (χ4n) is 2.49. The first-order valence-corrected chi connectivity index (χ1v) is 10.00. The van der Waals surface area contributed by atoms with E-state index in [0.717, 1.165) is 21.3 Å². The van der Waals surface area contributed by atoms with Gasteiger partial charge < -0.3 is 5.73 Å². The van der Waals surface area contributed by atoms with E-state index in [1.165, 1.54) is 0 Å². The molecule has 1 aromatic heterocycles. The smallest absolute Gasteiger partial charge is 0.346 e. The number of hydrogen-bond acceptors (Lipinski definition) is 5. The molecule has 3 N–H and O–H groups in total. The van der Waals surface area contributed by atoms with Gasteiger partial charge in [0.2, 0.25) is 0 Å². The second-order valence-electron chi connectivity index (χ2n) is 5.70. The van der Waals surface area contributed by atoms with E-state index in [4.69, 9.17) is 10.6 Å². The van der Waals surface area contributed by atoms with Crippen molar-refractivity contribution < 1.29 is 9.63 Å². The predicted octanol–water partition coefficient (Wildman–Crippen LogP) is 4.39. The first-order valence-electron chi connectivity index (χ1n) is 8.26. The Labute approximate surface area is 170 Å². The predicted molar refractivity (Wildman–Crippen MR) is 111 cm³/mol. The Hall–Kier alpha value is -2.29. The van der Waals surface area contributed by atoms with Gasteiger partial charge in [0.15, 0.2) is 0 Å². The highest BCUT2D eigenvalue weighted by atomic mass is 79.9. The number of pyridine rings is 1. The number of urea groups is 1. The lowest BCUT2D eigenvalue weighted by Crippen LogP contribution is -2.36. The zero-order chi connectivity index (χ0) is 19.1. The molecule has 2 amide bonds. The van der Waals surface area contributed by atoms with Crippen LogP contribution in [0.3, 0.4) is 0 Å². The number of allylic oxidation sites excluding steroid dienone is 1. The van der Waals surface area contributed by atoms with E-state index < -0.39 is 0 Å². The van der Waals surface area contributed by atoms with Crippen molar-refractivity contribution in [1.82, 2.24) is 15.4 Å². The number of rotatable bonds is 6. The minimum atomic E-state index is -0.316. The van der Waals surface area contributed by atoms with Crippen LogP contribution in [0.2, 0.25) is 0 Å². The first kappa shape index (κ1) is 19.5. The third-order valence-electron chi connectivity index (χ3n) is 3.86. The summed E-state index contributed by atoms with van der Waals surface area (Å²) in [6, 6.07) is 9.27. The van der Waals surface area contributed by atoms with E-state index in [2.05, 4.69) is 26.4 Å². The van der Waals surface area contributed by atoms with Crippen molar-refractivity contribution in [1.29, 1.82) is 0 Å². The lowest BCUT2D eigenvalue weighted by Gasteiger charge is -2.22. The van der Waals surface area contributed by atoms with E-state index in [1.807, 2.05) is 47.9 Å². The standard InChI is InChI=1S/C19H19BrN4O2S/c20-16-5-4-14(17(21)13-16)3-1-2-11-26-23-19(25)24-10-12-27-18(24)15-6-8-22-9-7-15/h1-2,4-10,12-13,18H,3,11,21H2,(H,23,25). The zero-order valence-electron chi connectivity index (χ0n) is 14.4. The summed E-state index contributed by atoms with van der Waals surface area (Å²) in [5.74, 6) is 0. The van der Waals surface area contributed by atoms with Crippen molar-refractivity contribution in [2.24, 2.45) is 0 Å². The maximum Gasteiger partial charge on any atom is 0.346 e. The number of nitrogens with two attached hydrogens (primary N) is 1. The number of benzene rings is 1. The maximum absolute atomic E-state index is 12.3. The van der Waals surface area contributed by atoms with Crippen LogP contribution in [-0.4, -0.2) is 22.5 Å². The summed E-state index contributed by atoms with van der Waals surface area (Å²) in [5.41, 5.74) is 11.2. The number of hydrogen-bond donors (Lipinski definition) is 2. The van der Waals surface area contributed by atoms with E-state index in [0.29, 0.717) is 6.42 Å². The third kappa shape index (κ3) is 5.35. The van der Waals surface area contributed by atoms with E-state index >= 15 is 0 Å². The van der Waals surface area contributed by atoms with Gasteiger partial charge in [-0.15, -0.1) is 11.8 Å². The molecule has 2 heterocycles. The van der Waals surface area contributed by atoms with Gasteiger partial charge in [0, 0.05) is 28.8 Å². The Bertz CT molecular complexity index is 845. The summed E-state index contributed by atoms with van der Waals surface area (Å²) in [6.07, 6.45) is 9.66. The average Bonchev–Trinajstić information content (AvgIpc) is 3.16. The minimum Gasteiger partial charge on any atom is -0.398 e. The molecule has 0 bridgehead atoms. The summed E-state index contributed by atoms with van der Waals surface area (Å²) in [7, 11) is 0. The number of nitrogens with zero attached hydrogens (tertiary/aromatic N) is 2. The number of carbonyl (C=O) groups excluding carboxylic acids is 1. The van der Waals surface area contributed by atoms with Gasteiger partial charge in [-0.1, -0.05) is 34.1 Å². The molecule has 3 rings (SSSR count). The number of aromatic nitrogens is 1. The van der Waals surface area contributed by atoms with Gasteiger partial charge in [-0.25, -0.2) is 10.3 Å². The number of halogens is 1. The molecule has 1 aliphatic rings. The Balaban J connectivity index is 1.43. The molecule has 8 heteroatoms. The highest BCUT2D eigenvalue weighted by Crippen LogP contribution is 2.38. The van der Waals surface area contributed by atoms with Crippen LogP contribution in [0.4, 0.5) is 10.5 Å². The number of carbonyl (C=O) groups is 1. The number of anilines is 1. The third-order valence-corrected chi connectivity index (χ3v) is 5.39. The lowest BCUT2D eigenvalue weighted by atomic mass is 10.1. The largest absolute Gasteiger partial charge is 0.398 e. The van der Waals surface area contributed by atoms with Gasteiger partial charge in [-0.05, 0) is 47.2 Å². The quantitative estimate of drug-likeness (QED) is 0.297. The lowest BCUT2D eigenvalue weighted by molar-refractivity contribution is 0.0698. The molecule has 0 radical (unpaired) electrons. The van der Waals surface area contributed by atoms with E-state index in [9.17, 15) is 4.79 Å². The van der Waals surface area contributed by atoms with Gasteiger partial charge in [0.1, 0.15) is 5.37 Å². The van der Waals surface area contributed by atoms with Crippen molar-refractivity contribution >= 4 is 39.4 Å². The van der Waals surface area contributed by atoms with Crippen LogP contribution < -0.4 is 11.2 Å². The Morgan fingerprint density at radius 2 is 2.15 bits per heavy atom. The normalized spacial score (nSPS) is 16.2. The zero-order valence-corrected chi connectivity index (χ0v) is 16.8. The molecule has 1 atom stereocenters. The van der Waals surface area contributed by atoms with Crippen molar-refractivity contribution in [2.45, 2.75) is 11.8 Å². The molecule has 6 nitrogen and oxygen atoms in total. The fraction of sp³-hybridized carbons (Fsp3) is 0.158. The second kappa shape index (κ2) is 9.59. The van der Waals surface area contributed by atoms with Gasteiger partial charge in [-0.2, -0.15) is 0 Å². The molecule has 140 valence electrons. The maximum atomic E-state index is 12.3. The molecule has 1 aliphatic heterocycles. The summed E-state index contributed by atoms with van der Waals surface area (Å²) < 4.78 is 0.956. The van der Waals surface area contributed by atoms with E-state index in [1.54, 1.807) is 35.3 Å². The molecule has 0 fully saturated rings. The van der Waals surface area contributed by atoms with Crippen molar-refractivity contribution in [3.8, 4) is 0 Å². The van der Waals surface area contributed by atoms with Gasteiger partial charge in [0.05, 0.1) is 6.61 Å². The van der Waals surface area contributed by atoms with Crippen molar-refractivity contribution in [3.63, 3.8) is 0 Å². The molecular weight excluding hydrogens is 428 g/mol. The number of amides is 2. The van der Waals surface area contributed by atoms with Gasteiger partial charge in [0.25, 0.3) is 0 Å². The number of thioether (sulfide) groups is 1. The van der Waals surface area contributed by atoms with Crippen molar-refractivity contribution in [3.05, 3.63) is 82.1 Å². The van der Waals surface area contributed by atoms with Gasteiger partial charge >= 0.3 is 6.03 Å². The summed E-state index contributed by atoms with van der Waals surface area (Å²) in [5, 5.41) is 1.76. The summed E-state index contributed by atoms with van der Waals surface area (Å²) in [4.78, 5) is 23.2. The molecule has 0 saturated carbocycles. The molecule has 1 unspecified atom stereocenters.